The Kier molecular flexibility index (Phi) is 6.02. The van der Waals surface area contributed by atoms with Gasteiger partial charge >= 0.3 is 0 Å². The molecule has 0 spiro atoms. The second-order valence-electron chi connectivity index (χ2n) is 5.99. The quantitative estimate of drug-likeness (QED) is 0.804. The lowest BCUT2D eigenvalue weighted by atomic mass is 9.87. The van der Waals surface area contributed by atoms with Crippen molar-refractivity contribution in [1.29, 1.82) is 0 Å². The standard InChI is InChI=1S/C16H26N2O2/c1-5-10-18-14(15(17)19)11-20-13-8-6-12(7-9-13)16(2,3)4/h6-9,14,18H,5,10-11H2,1-4H3,(H2,17,19). The highest BCUT2D eigenvalue weighted by Crippen LogP contribution is 2.24. The lowest BCUT2D eigenvalue weighted by molar-refractivity contribution is -0.120. The van der Waals surface area contributed by atoms with Gasteiger partial charge in [-0.15, -0.1) is 0 Å². The van der Waals surface area contributed by atoms with E-state index in [1.165, 1.54) is 5.56 Å². The Balaban J connectivity index is 2.58. The van der Waals surface area contributed by atoms with Crippen molar-refractivity contribution >= 4 is 5.91 Å². The van der Waals surface area contributed by atoms with Crippen LogP contribution in [0.1, 0.15) is 39.7 Å². The van der Waals surface area contributed by atoms with Crippen LogP contribution in [0.15, 0.2) is 24.3 Å². The molecule has 0 bridgehead atoms. The molecule has 1 unspecified atom stereocenters. The Bertz CT molecular complexity index is 421. The van der Waals surface area contributed by atoms with Gasteiger partial charge < -0.3 is 15.8 Å². The largest absolute Gasteiger partial charge is 0.491 e. The van der Waals surface area contributed by atoms with E-state index in [1.54, 1.807) is 0 Å². The minimum Gasteiger partial charge on any atom is -0.491 e. The molecule has 0 fully saturated rings. The molecule has 1 atom stereocenters. The zero-order chi connectivity index (χ0) is 15.2. The van der Waals surface area contributed by atoms with Crippen LogP contribution in [0.25, 0.3) is 0 Å². The topological polar surface area (TPSA) is 64.3 Å². The van der Waals surface area contributed by atoms with Gasteiger partial charge in [-0.1, -0.05) is 39.8 Å². The highest BCUT2D eigenvalue weighted by Gasteiger charge is 2.16. The molecule has 4 nitrogen and oxygen atoms in total. The van der Waals surface area contributed by atoms with Crippen LogP contribution in [0.2, 0.25) is 0 Å². The average Bonchev–Trinajstić information content (AvgIpc) is 2.38. The average molecular weight is 278 g/mol. The van der Waals surface area contributed by atoms with Crippen molar-refractivity contribution in [1.82, 2.24) is 5.32 Å². The number of benzene rings is 1. The highest BCUT2D eigenvalue weighted by molar-refractivity contribution is 5.80. The molecule has 1 aromatic carbocycles. The fourth-order valence-corrected chi connectivity index (χ4v) is 1.79. The Morgan fingerprint density at radius 2 is 1.90 bits per heavy atom. The summed E-state index contributed by atoms with van der Waals surface area (Å²) in [5.74, 6) is 0.368. The molecule has 0 aliphatic carbocycles. The molecule has 20 heavy (non-hydrogen) atoms. The molecule has 4 heteroatoms. The van der Waals surface area contributed by atoms with E-state index < -0.39 is 6.04 Å². The van der Waals surface area contributed by atoms with E-state index in [-0.39, 0.29) is 17.9 Å². The van der Waals surface area contributed by atoms with Crippen LogP contribution < -0.4 is 15.8 Å². The van der Waals surface area contributed by atoms with Crippen LogP contribution in [0.3, 0.4) is 0 Å². The Morgan fingerprint density at radius 3 is 2.35 bits per heavy atom. The summed E-state index contributed by atoms with van der Waals surface area (Å²) < 4.78 is 5.63. The first-order chi connectivity index (χ1) is 9.34. The van der Waals surface area contributed by atoms with Crippen molar-refractivity contribution in [3.05, 3.63) is 29.8 Å². The lowest BCUT2D eigenvalue weighted by Gasteiger charge is -2.20. The van der Waals surface area contributed by atoms with Gasteiger partial charge in [-0.2, -0.15) is 0 Å². The fraction of sp³-hybridized carbons (Fsp3) is 0.562. The zero-order valence-corrected chi connectivity index (χ0v) is 12.9. The second-order valence-corrected chi connectivity index (χ2v) is 5.99. The predicted octanol–water partition coefficient (Wildman–Crippen LogP) is 2.22. The number of hydrogen-bond acceptors (Lipinski definition) is 3. The number of carbonyl (C=O) groups is 1. The van der Waals surface area contributed by atoms with Crippen molar-refractivity contribution in [2.45, 2.75) is 45.6 Å². The number of rotatable bonds is 7. The smallest absolute Gasteiger partial charge is 0.238 e. The van der Waals surface area contributed by atoms with Crippen molar-refractivity contribution in [2.24, 2.45) is 5.73 Å². The molecule has 3 N–H and O–H groups in total. The first-order valence-corrected chi connectivity index (χ1v) is 7.10. The number of amides is 1. The Labute approximate surface area is 121 Å². The molecule has 1 amide bonds. The molecule has 1 rings (SSSR count). The predicted molar refractivity (Wildman–Crippen MR) is 81.9 cm³/mol. The maximum atomic E-state index is 11.3. The van der Waals surface area contributed by atoms with Gasteiger partial charge in [-0.25, -0.2) is 0 Å². The van der Waals surface area contributed by atoms with Crippen molar-refractivity contribution in [3.8, 4) is 5.75 Å². The summed E-state index contributed by atoms with van der Waals surface area (Å²) in [5.41, 5.74) is 6.71. The minimum absolute atomic E-state index is 0.122. The first kappa shape index (κ1) is 16.5. The molecule has 0 aliphatic heterocycles. The van der Waals surface area contributed by atoms with Gasteiger partial charge in [0.15, 0.2) is 0 Å². The van der Waals surface area contributed by atoms with Crippen LogP contribution in [0.5, 0.6) is 5.75 Å². The first-order valence-electron chi connectivity index (χ1n) is 7.10. The number of carbonyl (C=O) groups excluding carboxylic acids is 1. The maximum absolute atomic E-state index is 11.3. The minimum atomic E-state index is -0.447. The van der Waals surface area contributed by atoms with E-state index in [9.17, 15) is 4.79 Å². The lowest BCUT2D eigenvalue weighted by Crippen LogP contribution is -2.45. The van der Waals surface area contributed by atoms with Crippen molar-refractivity contribution in [2.75, 3.05) is 13.2 Å². The Hall–Kier alpha value is -1.55. The summed E-state index contributed by atoms with van der Waals surface area (Å²) in [5, 5.41) is 3.08. The highest BCUT2D eigenvalue weighted by atomic mass is 16.5. The van der Waals surface area contributed by atoms with Crippen LogP contribution in [0, 0.1) is 0 Å². The van der Waals surface area contributed by atoms with E-state index >= 15 is 0 Å². The van der Waals surface area contributed by atoms with Crippen molar-refractivity contribution in [3.63, 3.8) is 0 Å². The van der Waals surface area contributed by atoms with Crippen molar-refractivity contribution < 1.29 is 9.53 Å². The van der Waals surface area contributed by atoms with E-state index in [0.717, 1.165) is 18.7 Å². The molecule has 0 saturated carbocycles. The van der Waals surface area contributed by atoms with Crippen LogP contribution in [-0.4, -0.2) is 25.1 Å². The molecule has 0 aliphatic rings. The normalized spacial score (nSPS) is 13.0. The van der Waals surface area contributed by atoms with Gasteiger partial charge in [0.1, 0.15) is 18.4 Å². The molecule has 0 heterocycles. The zero-order valence-electron chi connectivity index (χ0n) is 12.9. The summed E-state index contributed by atoms with van der Waals surface area (Å²) in [6, 6.07) is 7.51. The summed E-state index contributed by atoms with van der Waals surface area (Å²) in [4.78, 5) is 11.3. The van der Waals surface area contributed by atoms with Gasteiger partial charge in [-0.3, -0.25) is 4.79 Å². The van der Waals surface area contributed by atoms with E-state index in [0.29, 0.717) is 0 Å². The van der Waals surface area contributed by atoms with E-state index in [4.69, 9.17) is 10.5 Å². The number of primary amides is 1. The fourth-order valence-electron chi connectivity index (χ4n) is 1.79. The third-order valence-electron chi connectivity index (χ3n) is 3.12. The van der Waals surface area contributed by atoms with Gasteiger partial charge in [0.05, 0.1) is 0 Å². The molecule has 0 aromatic heterocycles. The third kappa shape index (κ3) is 5.21. The summed E-state index contributed by atoms with van der Waals surface area (Å²) in [6.45, 7) is 9.54. The van der Waals surface area contributed by atoms with Gasteiger partial charge in [0.25, 0.3) is 0 Å². The van der Waals surface area contributed by atoms with Gasteiger partial charge in [-0.05, 0) is 36.1 Å². The number of ether oxygens (including phenoxy) is 1. The second kappa shape index (κ2) is 7.29. The van der Waals surface area contributed by atoms with Crippen LogP contribution in [-0.2, 0) is 10.2 Å². The molecule has 0 saturated heterocycles. The van der Waals surface area contributed by atoms with Crippen LogP contribution >= 0.6 is 0 Å². The molecule has 0 radical (unpaired) electrons. The molecule has 1 aromatic rings. The van der Waals surface area contributed by atoms with Gasteiger partial charge in [0, 0.05) is 0 Å². The molecular formula is C16H26N2O2. The monoisotopic (exact) mass is 278 g/mol. The number of nitrogens with two attached hydrogens (primary N) is 1. The summed E-state index contributed by atoms with van der Waals surface area (Å²) in [7, 11) is 0. The van der Waals surface area contributed by atoms with E-state index in [1.807, 2.05) is 31.2 Å². The number of nitrogens with one attached hydrogen (secondary N) is 1. The molecular weight excluding hydrogens is 252 g/mol. The van der Waals surface area contributed by atoms with Crippen LogP contribution in [0.4, 0.5) is 0 Å². The number of hydrogen-bond donors (Lipinski definition) is 2. The molecule has 112 valence electrons. The summed E-state index contributed by atoms with van der Waals surface area (Å²) in [6.07, 6.45) is 0.948. The third-order valence-corrected chi connectivity index (χ3v) is 3.12. The summed E-state index contributed by atoms with van der Waals surface area (Å²) >= 11 is 0. The SMILES string of the molecule is CCCNC(COc1ccc(C(C)(C)C)cc1)C(N)=O. The Morgan fingerprint density at radius 1 is 1.30 bits per heavy atom. The van der Waals surface area contributed by atoms with Gasteiger partial charge in [0.2, 0.25) is 5.91 Å². The van der Waals surface area contributed by atoms with E-state index in [2.05, 4.69) is 26.1 Å². The maximum Gasteiger partial charge on any atom is 0.238 e.